The SMILES string of the molecule is OCCC(NCc1cccc(Cl)c1)C(F)(F)F. The predicted octanol–water partition coefficient (Wildman–Crippen LogP) is 2.74. The highest BCUT2D eigenvalue weighted by Gasteiger charge is 2.38. The Morgan fingerprint density at radius 2 is 2.06 bits per heavy atom. The van der Waals surface area contributed by atoms with Crippen LogP contribution in [-0.2, 0) is 6.54 Å². The van der Waals surface area contributed by atoms with Gasteiger partial charge in [-0.15, -0.1) is 0 Å². The van der Waals surface area contributed by atoms with E-state index < -0.39 is 18.8 Å². The van der Waals surface area contributed by atoms with Crippen molar-refractivity contribution in [1.29, 1.82) is 0 Å². The second kappa shape index (κ2) is 6.23. The fourth-order valence-electron chi connectivity index (χ4n) is 1.40. The standard InChI is InChI=1S/C11H13ClF3NO/c12-9-3-1-2-8(6-9)7-16-10(4-5-17)11(13,14)15/h1-3,6,10,16-17H,4-5,7H2. The van der Waals surface area contributed by atoms with Gasteiger partial charge in [0.2, 0.25) is 0 Å². The number of aliphatic hydroxyl groups excluding tert-OH is 1. The van der Waals surface area contributed by atoms with Gasteiger partial charge in [-0.25, -0.2) is 0 Å². The van der Waals surface area contributed by atoms with Crippen LogP contribution in [0.3, 0.4) is 0 Å². The lowest BCUT2D eigenvalue weighted by Gasteiger charge is -2.20. The first-order chi connectivity index (χ1) is 7.93. The second-order valence-electron chi connectivity index (χ2n) is 3.62. The number of rotatable bonds is 5. The molecule has 1 aromatic rings. The van der Waals surface area contributed by atoms with E-state index in [1.807, 2.05) is 0 Å². The fourth-order valence-corrected chi connectivity index (χ4v) is 1.61. The molecule has 1 rings (SSSR count). The Labute approximate surface area is 102 Å². The van der Waals surface area contributed by atoms with Gasteiger partial charge in [0.05, 0.1) is 0 Å². The number of hydrogen-bond donors (Lipinski definition) is 2. The molecular weight excluding hydrogens is 255 g/mol. The molecule has 0 saturated heterocycles. The molecule has 1 aromatic carbocycles. The lowest BCUT2D eigenvalue weighted by Crippen LogP contribution is -2.42. The van der Waals surface area contributed by atoms with E-state index in [2.05, 4.69) is 5.32 Å². The summed E-state index contributed by atoms with van der Waals surface area (Å²) in [6.07, 6.45) is -4.72. The normalized spacial score (nSPS) is 13.7. The molecular formula is C11H13ClF3NO. The van der Waals surface area contributed by atoms with Crippen molar-refractivity contribution >= 4 is 11.6 Å². The Bertz CT molecular complexity index is 357. The first-order valence-electron chi connectivity index (χ1n) is 5.09. The maximum Gasteiger partial charge on any atom is 0.403 e. The number of nitrogens with one attached hydrogen (secondary N) is 1. The van der Waals surface area contributed by atoms with Crippen LogP contribution in [0, 0.1) is 0 Å². The topological polar surface area (TPSA) is 32.3 Å². The van der Waals surface area contributed by atoms with Crippen molar-refractivity contribution in [2.45, 2.75) is 25.2 Å². The van der Waals surface area contributed by atoms with Crippen molar-refractivity contribution in [2.24, 2.45) is 0 Å². The summed E-state index contributed by atoms with van der Waals surface area (Å²) >= 11 is 5.72. The summed E-state index contributed by atoms with van der Waals surface area (Å²) in [7, 11) is 0. The average Bonchev–Trinajstić information content (AvgIpc) is 2.22. The highest BCUT2D eigenvalue weighted by molar-refractivity contribution is 6.30. The van der Waals surface area contributed by atoms with Gasteiger partial charge >= 0.3 is 6.18 Å². The second-order valence-corrected chi connectivity index (χ2v) is 4.05. The molecule has 0 heterocycles. The zero-order chi connectivity index (χ0) is 12.9. The fraction of sp³-hybridized carbons (Fsp3) is 0.455. The summed E-state index contributed by atoms with van der Waals surface area (Å²) < 4.78 is 37.5. The smallest absolute Gasteiger partial charge is 0.396 e. The van der Waals surface area contributed by atoms with Crippen LogP contribution in [0.25, 0.3) is 0 Å². The van der Waals surface area contributed by atoms with Gasteiger partial charge < -0.3 is 10.4 Å². The zero-order valence-electron chi connectivity index (χ0n) is 8.97. The predicted molar refractivity (Wildman–Crippen MR) is 59.8 cm³/mol. The number of alkyl halides is 3. The van der Waals surface area contributed by atoms with Crippen LogP contribution >= 0.6 is 11.6 Å². The Kier molecular flexibility index (Phi) is 5.24. The molecule has 1 unspecified atom stereocenters. The summed E-state index contributed by atoms with van der Waals surface area (Å²) in [5, 5.41) is 11.4. The van der Waals surface area contributed by atoms with E-state index in [4.69, 9.17) is 16.7 Å². The van der Waals surface area contributed by atoms with Crippen molar-refractivity contribution in [3.63, 3.8) is 0 Å². The molecule has 0 aromatic heterocycles. The van der Waals surface area contributed by atoms with Crippen LogP contribution in [0.4, 0.5) is 13.2 Å². The van der Waals surface area contributed by atoms with Crippen molar-refractivity contribution in [1.82, 2.24) is 5.32 Å². The molecule has 0 spiro atoms. The van der Waals surface area contributed by atoms with E-state index in [0.717, 1.165) is 0 Å². The third kappa shape index (κ3) is 4.93. The third-order valence-corrected chi connectivity index (χ3v) is 2.49. The highest BCUT2D eigenvalue weighted by atomic mass is 35.5. The lowest BCUT2D eigenvalue weighted by atomic mass is 10.1. The van der Waals surface area contributed by atoms with Crippen LogP contribution in [0.5, 0.6) is 0 Å². The van der Waals surface area contributed by atoms with Crippen molar-refractivity contribution in [3.05, 3.63) is 34.9 Å². The van der Waals surface area contributed by atoms with E-state index >= 15 is 0 Å². The maximum atomic E-state index is 12.5. The molecule has 0 aliphatic rings. The minimum atomic E-state index is -4.36. The number of benzene rings is 1. The summed E-state index contributed by atoms with van der Waals surface area (Å²) in [5.41, 5.74) is 0.671. The Morgan fingerprint density at radius 1 is 1.35 bits per heavy atom. The van der Waals surface area contributed by atoms with E-state index in [0.29, 0.717) is 10.6 Å². The van der Waals surface area contributed by atoms with Gasteiger partial charge in [0.1, 0.15) is 6.04 Å². The molecule has 96 valence electrons. The number of halogens is 4. The summed E-state index contributed by atoms with van der Waals surface area (Å²) in [4.78, 5) is 0. The molecule has 0 bridgehead atoms. The van der Waals surface area contributed by atoms with E-state index in [1.54, 1.807) is 24.3 Å². The van der Waals surface area contributed by atoms with Crippen LogP contribution in [-0.4, -0.2) is 23.9 Å². The quantitative estimate of drug-likeness (QED) is 0.860. The van der Waals surface area contributed by atoms with Gasteiger partial charge in [0.25, 0.3) is 0 Å². The number of hydrogen-bond acceptors (Lipinski definition) is 2. The molecule has 2 nitrogen and oxygen atoms in total. The number of aliphatic hydroxyl groups is 1. The van der Waals surface area contributed by atoms with Crippen LogP contribution in [0.15, 0.2) is 24.3 Å². The Balaban J connectivity index is 2.58. The molecule has 6 heteroatoms. The lowest BCUT2D eigenvalue weighted by molar-refractivity contribution is -0.159. The van der Waals surface area contributed by atoms with E-state index in [1.165, 1.54) is 0 Å². The molecule has 1 atom stereocenters. The van der Waals surface area contributed by atoms with E-state index in [-0.39, 0.29) is 13.0 Å². The van der Waals surface area contributed by atoms with Gasteiger partial charge in [0, 0.05) is 18.2 Å². The van der Waals surface area contributed by atoms with Gasteiger partial charge in [-0.2, -0.15) is 13.2 Å². The van der Waals surface area contributed by atoms with E-state index in [9.17, 15) is 13.2 Å². The average molecular weight is 268 g/mol. The Hall–Kier alpha value is -0.780. The van der Waals surface area contributed by atoms with Crippen LogP contribution in [0.1, 0.15) is 12.0 Å². The summed E-state index contributed by atoms with van der Waals surface area (Å²) in [6.45, 7) is -0.447. The molecule has 0 amide bonds. The molecule has 0 aliphatic carbocycles. The minimum absolute atomic E-state index is 0.0603. The molecule has 0 radical (unpaired) electrons. The third-order valence-electron chi connectivity index (χ3n) is 2.25. The minimum Gasteiger partial charge on any atom is -0.396 e. The van der Waals surface area contributed by atoms with Crippen molar-refractivity contribution < 1.29 is 18.3 Å². The van der Waals surface area contributed by atoms with Crippen molar-refractivity contribution in [2.75, 3.05) is 6.61 Å². The van der Waals surface area contributed by atoms with Crippen LogP contribution < -0.4 is 5.32 Å². The summed E-state index contributed by atoms with van der Waals surface area (Å²) in [6, 6.07) is 4.91. The highest BCUT2D eigenvalue weighted by Crippen LogP contribution is 2.22. The monoisotopic (exact) mass is 267 g/mol. The first-order valence-corrected chi connectivity index (χ1v) is 5.46. The molecule has 17 heavy (non-hydrogen) atoms. The van der Waals surface area contributed by atoms with Gasteiger partial charge in [0.15, 0.2) is 0 Å². The summed E-state index contributed by atoms with van der Waals surface area (Å²) in [5.74, 6) is 0. The van der Waals surface area contributed by atoms with Gasteiger partial charge in [-0.3, -0.25) is 0 Å². The largest absolute Gasteiger partial charge is 0.403 e. The van der Waals surface area contributed by atoms with Gasteiger partial charge in [-0.05, 0) is 24.1 Å². The van der Waals surface area contributed by atoms with Gasteiger partial charge in [-0.1, -0.05) is 23.7 Å². The maximum absolute atomic E-state index is 12.5. The first kappa shape index (κ1) is 14.3. The van der Waals surface area contributed by atoms with Crippen LogP contribution in [0.2, 0.25) is 5.02 Å². The molecule has 2 N–H and O–H groups in total. The molecule has 0 aliphatic heterocycles. The molecule has 0 fully saturated rings. The molecule has 0 saturated carbocycles. The van der Waals surface area contributed by atoms with Crippen molar-refractivity contribution in [3.8, 4) is 0 Å². The zero-order valence-corrected chi connectivity index (χ0v) is 9.72. The Morgan fingerprint density at radius 3 is 2.59 bits per heavy atom.